The molecule has 6 heteroatoms. The first-order valence-corrected chi connectivity index (χ1v) is 12.7. The van der Waals surface area contributed by atoms with E-state index in [4.69, 9.17) is 17.0 Å². The summed E-state index contributed by atoms with van der Waals surface area (Å²) in [5.41, 5.74) is 4.84. The van der Waals surface area contributed by atoms with Crippen LogP contribution in [0.4, 0.5) is 0 Å². The van der Waals surface area contributed by atoms with Gasteiger partial charge in [-0.05, 0) is 56.1 Å². The first-order chi connectivity index (χ1) is 16.9. The van der Waals surface area contributed by atoms with Crippen molar-refractivity contribution in [1.82, 2.24) is 10.6 Å². The molecular weight excluding hydrogens is 456 g/mol. The van der Waals surface area contributed by atoms with Crippen molar-refractivity contribution < 1.29 is 14.9 Å². The second-order valence-corrected chi connectivity index (χ2v) is 10.7. The van der Waals surface area contributed by atoms with Gasteiger partial charge in [0.15, 0.2) is 22.3 Å². The molecule has 0 bridgehead atoms. The first-order valence-electron chi connectivity index (χ1n) is 12.3. The maximum Gasteiger partial charge on any atom is 0.200 e. The third-order valence-electron chi connectivity index (χ3n) is 8.08. The Balaban J connectivity index is 1.57. The lowest BCUT2D eigenvalue weighted by Crippen LogP contribution is -2.73. The number of hydrogen-bond donors (Lipinski definition) is 4. The number of aromatic hydroxyl groups is 2. The Kier molecular flexibility index (Phi) is 5.18. The average Bonchev–Trinajstić information content (AvgIpc) is 2.83. The van der Waals surface area contributed by atoms with Crippen LogP contribution in [0.2, 0.25) is 0 Å². The minimum atomic E-state index is -0.818. The van der Waals surface area contributed by atoms with Crippen molar-refractivity contribution in [2.75, 3.05) is 0 Å². The summed E-state index contributed by atoms with van der Waals surface area (Å²) in [5.74, 6) is 0.0968. The standard InChI is InChI=1S/C29H30N2O3S/c1-16-6-3-8-18(14-16)24-20-12-13-23(32)26(33)27(20)34-29-21(24)10-5-11-22(29)25(30-28(35)31-29)19-9-4-7-17(2)15-19/h3-4,6-9,12-15,21-22,24-25,32-33H,5,10-11H2,1-2H3,(H2,30,31,35)/t21-,22-,24-,25+,29-/m1/s1. The molecule has 1 saturated heterocycles. The van der Waals surface area contributed by atoms with Gasteiger partial charge < -0.3 is 25.6 Å². The van der Waals surface area contributed by atoms with E-state index in [0.29, 0.717) is 10.9 Å². The Morgan fingerprint density at radius 1 is 0.914 bits per heavy atom. The molecule has 5 nitrogen and oxygen atoms in total. The summed E-state index contributed by atoms with van der Waals surface area (Å²) in [5, 5.41) is 29.0. The van der Waals surface area contributed by atoms with E-state index < -0.39 is 5.72 Å². The summed E-state index contributed by atoms with van der Waals surface area (Å²) in [4.78, 5) is 0. The molecule has 1 aliphatic carbocycles. The van der Waals surface area contributed by atoms with Crippen LogP contribution in [0.25, 0.3) is 0 Å². The normalized spacial score (nSPS) is 29.0. The zero-order valence-electron chi connectivity index (χ0n) is 19.9. The highest BCUT2D eigenvalue weighted by atomic mass is 32.1. The quantitative estimate of drug-likeness (QED) is 0.280. The number of rotatable bonds is 2. The lowest BCUT2D eigenvalue weighted by atomic mass is 9.60. The highest BCUT2D eigenvalue weighted by Gasteiger charge is 2.61. The van der Waals surface area contributed by atoms with Gasteiger partial charge in [-0.25, -0.2) is 0 Å². The highest BCUT2D eigenvalue weighted by molar-refractivity contribution is 7.80. The number of phenolic OH excluding ortho intramolecular Hbond substituents is 2. The molecule has 1 spiro atoms. The predicted molar refractivity (Wildman–Crippen MR) is 140 cm³/mol. The molecule has 1 saturated carbocycles. The number of nitrogens with one attached hydrogen (secondary N) is 2. The van der Waals surface area contributed by atoms with Crippen molar-refractivity contribution in [2.24, 2.45) is 11.8 Å². The van der Waals surface area contributed by atoms with Crippen molar-refractivity contribution in [3.8, 4) is 17.2 Å². The minimum Gasteiger partial charge on any atom is -0.504 e. The predicted octanol–water partition coefficient (Wildman–Crippen LogP) is 5.57. The van der Waals surface area contributed by atoms with Gasteiger partial charge in [0.05, 0.1) is 6.04 Å². The molecule has 3 aliphatic rings. The third kappa shape index (κ3) is 3.46. The molecule has 35 heavy (non-hydrogen) atoms. The lowest BCUT2D eigenvalue weighted by Gasteiger charge is -2.59. The lowest BCUT2D eigenvalue weighted by molar-refractivity contribution is -0.122. The van der Waals surface area contributed by atoms with Gasteiger partial charge in [-0.1, -0.05) is 72.1 Å². The van der Waals surface area contributed by atoms with Crippen LogP contribution < -0.4 is 15.4 Å². The Hall–Kier alpha value is -3.25. The molecule has 3 aromatic carbocycles. The van der Waals surface area contributed by atoms with Crippen molar-refractivity contribution in [2.45, 2.75) is 50.8 Å². The van der Waals surface area contributed by atoms with Crippen LogP contribution in [0.15, 0.2) is 60.7 Å². The number of benzene rings is 3. The van der Waals surface area contributed by atoms with Gasteiger partial charge in [0, 0.05) is 23.3 Å². The first kappa shape index (κ1) is 22.2. The van der Waals surface area contributed by atoms with E-state index in [1.54, 1.807) is 6.07 Å². The minimum absolute atomic E-state index is 0.0143. The maximum atomic E-state index is 11.0. The third-order valence-corrected chi connectivity index (χ3v) is 8.30. The Morgan fingerprint density at radius 2 is 1.60 bits per heavy atom. The molecule has 0 unspecified atom stereocenters. The average molecular weight is 487 g/mol. The summed E-state index contributed by atoms with van der Waals surface area (Å²) in [6, 6.07) is 20.5. The van der Waals surface area contributed by atoms with Crippen LogP contribution in [0.3, 0.4) is 0 Å². The summed E-state index contributed by atoms with van der Waals surface area (Å²) in [6.07, 6.45) is 2.99. The van der Waals surface area contributed by atoms with Gasteiger partial charge in [0.1, 0.15) is 0 Å². The van der Waals surface area contributed by atoms with Gasteiger partial charge in [0.25, 0.3) is 0 Å². The summed E-state index contributed by atoms with van der Waals surface area (Å²) in [6.45, 7) is 4.20. The fourth-order valence-corrected chi connectivity index (χ4v) is 6.96. The summed E-state index contributed by atoms with van der Waals surface area (Å²) >= 11 is 5.77. The van der Waals surface area contributed by atoms with Crippen molar-refractivity contribution in [1.29, 1.82) is 0 Å². The molecule has 3 aromatic rings. The van der Waals surface area contributed by atoms with Crippen LogP contribution in [0.5, 0.6) is 17.2 Å². The second-order valence-electron chi connectivity index (χ2n) is 10.3. The summed E-state index contributed by atoms with van der Waals surface area (Å²) < 4.78 is 6.82. The molecule has 180 valence electrons. The maximum absolute atomic E-state index is 11.0. The highest BCUT2D eigenvalue weighted by Crippen LogP contribution is 2.60. The molecule has 0 aromatic heterocycles. The number of thiocarbonyl (C=S) groups is 1. The van der Waals surface area contributed by atoms with E-state index in [1.165, 1.54) is 22.3 Å². The number of fused-ring (bicyclic) bond motifs is 1. The number of aryl methyl sites for hydroxylation is 2. The molecule has 5 atom stereocenters. The van der Waals surface area contributed by atoms with Gasteiger partial charge in [0.2, 0.25) is 5.75 Å². The van der Waals surface area contributed by atoms with E-state index in [2.05, 4.69) is 73.0 Å². The van der Waals surface area contributed by atoms with E-state index in [0.717, 1.165) is 24.8 Å². The molecule has 2 heterocycles. The Bertz CT molecular complexity index is 1330. The smallest absolute Gasteiger partial charge is 0.200 e. The number of phenols is 2. The molecule has 0 radical (unpaired) electrons. The fourth-order valence-electron chi connectivity index (χ4n) is 6.68. The molecule has 4 N–H and O–H groups in total. The zero-order chi connectivity index (χ0) is 24.3. The molecule has 0 amide bonds. The molecule has 6 rings (SSSR count). The van der Waals surface area contributed by atoms with Crippen LogP contribution in [-0.2, 0) is 0 Å². The molecule has 2 aliphatic heterocycles. The molecule has 2 fully saturated rings. The zero-order valence-corrected chi connectivity index (χ0v) is 20.7. The SMILES string of the molecule is Cc1cccc([C@@H]2c3ccc(O)c(O)c3O[C@@]34NC(=S)N[C@@H](c5cccc(C)c5)[C@H]3CCC[C@H]24)c1. The van der Waals surface area contributed by atoms with Crippen LogP contribution in [0.1, 0.15) is 59.0 Å². The van der Waals surface area contributed by atoms with Gasteiger partial charge in [-0.15, -0.1) is 0 Å². The topological polar surface area (TPSA) is 73.8 Å². The van der Waals surface area contributed by atoms with Gasteiger partial charge >= 0.3 is 0 Å². The van der Waals surface area contributed by atoms with Crippen LogP contribution >= 0.6 is 12.2 Å². The number of hydrogen-bond acceptors (Lipinski definition) is 4. The Morgan fingerprint density at radius 3 is 2.34 bits per heavy atom. The largest absolute Gasteiger partial charge is 0.504 e. The second kappa shape index (κ2) is 8.16. The Labute approximate surface area is 211 Å². The molecular formula is C29H30N2O3S. The summed E-state index contributed by atoms with van der Waals surface area (Å²) in [7, 11) is 0. The van der Waals surface area contributed by atoms with E-state index >= 15 is 0 Å². The van der Waals surface area contributed by atoms with E-state index in [1.807, 2.05) is 6.07 Å². The van der Waals surface area contributed by atoms with E-state index in [9.17, 15) is 10.2 Å². The van der Waals surface area contributed by atoms with Crippen LogP contribution in [0, 0.1) is 25.7 Å². The van der Waals surface area contributed by atoms with Gasteiger partial charge in [-0.2, -0.15) is 0 Å². The van der Waals surface area contributed by atoms with E-state index in [-0.39, 0.29) is 35.3 Å². The number of ether oxygens (including phenoxy) is 1. The van der Waals surface area contributed by atoms with Crippen LogP contribution in [-0.4, -0.2) is 21.1 Å². The fraction of sp³-hybridized carbons (Fsp3) is 0.345. The van der Waals surface area contributed by atoms with Gasteiger partial charge in [-0.3, -0.25) is 0 Å². The van der Waals surface area contributed by atoms with Crippen molar-refractivity contribution >= 4 is 17.3 Å². The van der Waals surface area contributed by atoms with Crippen molar-refractivity contribution in [3.05, 3.63) is 88.5 Å². The monoisotopic (exact) mass is 486 g/mol. The van der Waals surface area contributed by atoms with Crippen molar-refractivity contribution in [3.63, 3.8) is 0 Å².